The molecule has 0 spiro atoms. The van der Waals surface area contributed by atoms with Crippen molar-refractivity contribution in [1.82, 2.24) is 4.90 Å². The lowest BCUT2D eigenvalue weighted by molar-refractivity contribution is -0.115. The first-order valence-electron chi connectivity index (χ1n) is 8.18. The Morgan fingerprint density at radius 2 is 1.72 bits per heavy atom. The van der Waals surface area contributed by atoms with Crippen LogP contribution in [-0.4, -0.2) is 48.7 Å². The first-order chi connectivity index (χ1) is 11.6. The summed E-state index contributed by atoms with van der Waals surface area (Å²) in [5.41, 5.74) is 0.683. The molecular weight excluding hydrogens is 364 g/mol. The number of nitrogens with zero attached hydrogens (tertiary/aromatic N) is 1. The molecule has 8 heteroatoms. The van der Waals surface area contributed by atoms with Crippen LogP contribution in [0, 0.1) is 0 Å². The second kappa shape index (κ2) is 8.67. The van der Waals surface area contributed by atoms with E-state index in [2.05, 4.69) is 5.32 Å². The minimum atomic E-state index is -3.55. The van der Waals surface area contributed by atoms with Crippen molar-refractivity contribution in [2.45, 2.75) is 45.1 Å². The Hall–Kier alpha value is -1.60. The molecule has 0 heterocycles. The molecule has 2 amide bonds. The number of hydrogen-bond acceptors (Lipinski definition) is 4. The van der Waals surface area contributed by atoms with E-state index in [0.29, 0.717) is 24.3 Å². The van der Waals surface area contributed by atoms with Crippen molar-refractivity contribution in [3.63, 3.8) is 0 Å². The molecule has 0 aliphatic rings. The highest BCUT2D eigenvalue weighted by molar-refractivity contribution is 7.93. The number of halogens is 1. The molecule has 1 unspecified atom stereocenters. The van der Waals surface area contributed by atoms with E-state index in [1.54, 1.807) is 4.90 Å². The number of nitrogens with one attached hydrogen (secondary N) is 1. The Labute approximate surface area is 154 Å². The lowest BCUT2D eigenvalue weighted by atomic mass is 10.1. The summed E-state index contributed by atoms with van der Waals surface area (Å²) in [6.07, 6.45) is 0. The number of carbonyl (C=O) groups is 2. The maximum Gasteiger partial charge on any atom is 0.255 e. The van der Waals surface area contributed by atoms with Crippen molar-refractivity contribution in [2.75, 3.05) is 18.4 Å². The summed E-state index contributed by atoms with van der Waals surface area (Å²) >= 11 is 6.17. The van der Waals surface area contributed by atoms with E-state index in [0.717, 1.165) is 0 Å². The van der Waals surface area contributed by atoms with Gasteiger partial charge in [0.25, 0.3) is 5.91 Å². The summed E-state index contributed by atoms with van der Waals surface area (Å²) in [6, 6.07) is 4.51. The molecule has 0 saturated carbocycles. The van der Waals surface area contributed by atoms with Crippen LogP contribution in [-0.2, 0) is 14.6 Å². The van der Waals surface area contributed by atoms with Gasteiger partial charge < -0.3 is 10.2 Å². The van der Waals surface area contributed by atoms with Crippen LogP contribution in [0.4, 0.5) is 5.69 Å². The molecule has 1 aromatic carbocycles. The summed E-state index contributed by atoms with van der Waals surface area (Å²) in [6.45, 7) is 9.29. The summed E-state index contributed by atoms with van der Waals surface area (Å²) in [4.78, 5) is 26.2. The van der Waals surface area contributed by atoms with Crippen molar-refractivity contribution in [1.29, 1.82) is 0 Å². The Morgan fingerprint density at radius 3 is 2.16 bits per heavy atom. The number of carbonyl (C=O) groups excluding carboxylic acids is 2. The van der Waals surface area contributed by atoms with Gasteiger partial charge in [-0.05, 0) is 52.8 Å². The standard InChI is InChI=1S/C17H25ClN2O4S/c1-6-20(7-2)17(22)14-9-8-13(10-15(14)18)19-16(21)12(5)25(23,24)11(3)4/h8-12H,6-7H2,1-5H3,(H,19,21). The van der Waals surface area contributed by atoms with Crippen LogP contribution in [0.2, 0.25) is 5.02 Å². The molecule has 1 rings (SSSR count). The fraction of sp³-hybridized carbons (Fsp3) is 0.529. The first kappa shape index (κ1) is 21.4. The molecule has 0 radical (unpaired) electrons. The fourth-order valence-corrected chi connectivity index (χ4v) is 3.68. The van der Waals surface area contributed by atoms with Gasteiger partial charge in [0, 0.05) is 18.8 Å². The average Bonchev–Trinajstić information content (AvgIpc) is 2.54. The van der Waals surface area contributed by atoms with Gasteiger partial charge >= 0.3 is 0 Å². The molecule has 0 saturated heterocycles. The highest BCUT2D eigenvalue weighted by Crippen LogP contribution is 2.23. The van der Waals surface area contributed by atoms with E-state index >= 15 is 0 Å². The predicted molar refractivity (Wildman–Crippen MR) is 101 cm³/mol. The molecule has 1 atom stereocenters. The highest BCUT2D eigenvalue weighted by Gasteiger charge is 2.30. The van der Waals surface area contributed by atoms with Gasteiger partial charge in [-0.25, -0.2) is 8.42 Å². The fourth-order valence-electron chi connectivity index (χ4n) is 2.25. The smallest absolute Gasteiger partial charge is 0.255 e. The second-order valence-corrected chi connectivity index (χ2v) is 9.18. The Kier molecular flexibility index (Phi) is 7.44. The lowest BCUT2D eigenvalue weighted by Crippen LogP contribution is -2.36. The molecule has 140 valence electrons. The van der Waals surface area contributed by atoms with Crippen LogP contribution >= 0.6 is 11.6 Å². The Bertz CT molecular complexity index is 743. The van der Waals surface area contributed by atoms with Gasteiger partial charge in [-0.2, -0.15) is 0 Å². The van der Waals surface area contributed by atoms with Crippen LogP contribution in [0.1, 0.15) is 45.0 Å². The predicted octanol–water partition coefficient (Wildman–Crippen LogP) is 2.97. The quantitative estimate of drug-likeness (QED) is 0.778. The molecule has 6 nitrogen and oxygen atoms in total. The van der Waals surface area contributed by atoms with Gasteiger partial charge in [0.1, 0.15) is 5.25 Å². The zero-order valence-electron chi connectivity index (χ0n) is 15.2. The topological polar surface area (TPSA) is 83.6 Å². The maximum atomic E-state index is 12.4. The van der Waals surface area contributed by atoms with Crippen molar-refractivity contribution in [2.24, 2.45) is 0 Å². The van der Waals surface area contributed by atoms with Crippen LogP contribution in [0.25, 0.3) is 0 Å². The van der Waals surface area contributed by atoms with Gasteiger partial charge in [0.05, 0.1) is 15.8 Å². The van der Waals surface area contributed by atoms with Crippen molar-refractivity contribution in [3.05, 3.63) is 28.8 Å². The number of anilines is 1. The Balaban J connectivity index is 2.98. The van der Waals surface area contributed by atoms with Gasteiger partial charge in [-0.15, -0.1) is 0 Å². The Morgan fingerprint density at radius 1 is 1.16 bits per heavy atom. The lowest BCUT2D eigenvalue weighted by Gasteiger charge is -2.20. The van der Waals surface area contributed by atoms with Gasteiger partial charge in [0.2, 0.25) is 5.91 Å². The van der Waals surface area contributed by atoms with E-state index in [9.17, 15) is 18.0 Å². The molecule has 25 heavy (non-hydrogen) atoms. The SMILES string of the molecule is CCN(CC)C(=O)c1ccc(NC(=O)C(C)S(=O)(=O)C(C)C)cc1Cl. The van der Waals surface area contributed by atoms with E-state index in [4.69, 9.17) is 11.6 Å². The number of benzene rings is 1. The molecule has 0 aromatic heterocycles. The van der Waals surface area contributed by atoms with Crippen LogP contribution in [0.3, 0.4) is 0 Å². The minimum Gasteiger partial charge on any atom is -0.339 e. The van der Waals surface area contributed by atoms with E-state index in [-0.39, 0.29) is 10.9 Å². The zero-order valence-corrected chi connectivity index (χ0v) is 16.7. The number of rotatable bonds is 7. The third-order valence-electron chi connectivity index (χ3n) is 4.04. The highest BCUT2D eigenvalue weighted by atomic mass is 35.5. The normalized spacial score (nSPS) is 12.8. The first-order valence-corrected chi connectivity index (χ1v) is 10.2. The molecule has 1 aromatic rings. The second-order valence-electron chi connectivity index (χ2n) is 5.94. The van der Waals surface area contributed by atoms with Crippen molar-refractivity contribution < 1.29 is 18.0 Å². The third-order valence-corrected chi connectivity index (χ3v) is 6.86. The largest absolute Gasteiger partial charge is 0.339 e. The van der Waals surface area contributed by atoms with Gasteiger partial charge in [0.15, 0.2) is 9.84 Å². The van der Waals surface area contributed by atoms with E-state index in [1.807, 2.05) is 13.8 Å². The number of hydrogen-bond donors (Lipinski definition) is 1. The summed E-state index contributed by atoms with van der Waals surface area (Å²) in [5, 5.41) is 0.917. The summed E-state index contributed by atoms with van der Waals surface area (Å²) in [7, 11) is -3.55. The zero-order chi connectivity index (χ0) is 19.4. The molecule has 1 N–H and O–H groups in total. The third kappa shape index (κ3) is 4.95. The molecule has 0 fully saturated rings. The molecule has 0 aliphatic heterocycles. The molecule has 0 bridgehead atoms. The minimum absolute atomic E-state index is 0.191. The average molecular weight is 389 g/mol. The van der Waals surface area contributed by atoms with Crippen LogP contribution in [0.15, 0.2) is 18.2 Å². The van der Waals surface area contributed by atoms with Crippen molar-refractivity contribution in [3.8, 4) is 0 Å². The summed E-state index contributed by atoms with van der Waals surface area (Å²) < 4.78 is 24.2. The molecule has 0 aliphatic carbocycles. The van der Waals surface area contributed by atoms with Crippen LogP contribution < -0.4 is 5.32 Å². The van der Waals surface area contributed by atoms with Crippen molar-refractivity contribution >= 4 is 38.9 Å². The van der Waals surface area contributed by atoms with E-state index < -0.39 is 26.2 Å². The number of amides is 2. The number of sulfone groups is 1. The van der Waals surface area contributed by atoms with Gasteiger partial charge in [-0.3, -0.25) is 9.59 Å². The maximum absolute atomic E-state index is 12.4. The molecular formula is C17H25ClN2O4S. The van der Waals surface area contributed by atoms with E-state index in [1.165, 1.54) is 39.0 Å². The summed E-state index contributed by atoms with van der Waals surface area (Å²) in [5.74, 6) is -0.823. The van der Waals surface area contributed by atoms with Crippen LogP contribution in [0.5, 0.6) is 0 Å². The van der Waals surface area contributed by atoms with Gasteiger partial charge in [-0.1, -0.05) is 11.6 Å². The monoisotopic (exact) mass is 388 g/mol.